The normalized spacial score (nSPS) is 15.4. The number of hydrogen-bond donors (Lipinski definition) is 2. The number of benzene rings is 1. The first-order chi connectivity index (χ1) is 11.1. The van der Waals surface area contributed by atoms with Crippen LogP contribution in [0, 0.1) is 13.8 Å². The van der Waals surface area contributed by atoms with E-state index in [9.17, 15) is 0 Å². The fourth-order valence-corrected chi connectivity index (χ4v) is 3.29. The van der Waals surface area contributed by atoms with E-state index in [2.05, 4.69) is 20.6 Å². The zero-order valence-electron chi connectivity index (χ0n) is 13.7. The lowest BCUT2D eigenvalue weighted by molar-refractivity contribution is 0.462. The van der Waals surface area contributed by atoms with E-state index in [0.717, 1.165) is 33.7 Å². The van der Waals surface area contributed by atoms with Crippen molar-refractivity contribution in [1.29, 1.82) is 0 Å². The smallest absolute Gasteiger partial charge is 0.136 e. The van der Waals surface area contributed by atoms with Crippen molar-refractivity contribution in [1.82, 2.24) is 9.97 Å². The van der Waals surface area contributed by atoms with E-state index in [1.54, 1.807) is 0 Å². The summed E-state index contributed by atoms with van der Waals surface area (Å²) in [6.07, 6.45) is 6.40. The fourth-order valence-electron chi connectivity index (χ4n) is 3.07. The molecule has 1 aromatic carbocycles. The molecule has 0 amide bonds. The van der Waals surface area contributed by atoms with Gasteiger partial charge < -0.3 is 10.6 Å². The van der Waals surface area contributed by atoms with Crippen molar-refractivity contribution in [2.24, 2.45) is 0 Å². The summed E-state index contributed by atoms with van der Waals surface area (Å²) in [5, 5.41) is 7.67. The average Bonchev–Trinajstić information content (AvgIpc) is 2.50. The van der Waals surface area contributed by atoms with Crippen LogP contribution in [0.5, 0.6) is 0 Å². The first kappa shape index (κ1) is 16.1. The van der Waals surface area contributed by atoms with Crippen molar-refractivity contribution in [3.05, 3.63) is 40.7 Å². The van der Waals surface area contributed by atoms with Gasteiger partial charge in [-0.2, -0.15) is 0 Å². The molecule has 23 heavy (non-hydrogen) atoms. The van der Waals surface area contributed by atoms with Gasteiger partial charge in [0.05, 0.1) is 0 Å². The minimum atomic E-state index is 0.531. The van der Waals surface area contributed by atoms with Crippen LogP contribution in [0.15, 0.2) is 24.3 Å². The SMILES string of the molecule is Cc1nc(Nc2ccc(Cl)cc2C)cc(NC2CCCCC2)n1. The van der Waals surface area contributed by atoms with Crippen LogP contribution < -0.4 is 10.6 Å². The average molecular weight is 331 g/mol. The van der Waals surface area contributed by atoms with Crippen LogP contribution >= 0.6 is 11.6 Å². The summed E-state index contributed by atoms with van der Waals surface area (Å²) >= 11 is 6.02. The van der Waals surface area contributed by atoms with Gasteiger partial charge in [-0.3, -0.25) is 0 Å². The van der Waals surface area contributed by atoms with E-state index in [-0.39, 0.29) is 0 Å². The Morgan fingerprint density at radius 1 is 1.00 bits per heavy atom. The van der Waals surface area contributed by atoms with Crippen LogP contribution in [-0.4, -0.2) is 16.0 Å². The van der Waals surface area contributed by atoms with Gasteiger partial charge in [0.25, 0.3) is 0 Å². The molecule has 5 heteroatoms. The molecule has 1 aromatic heterocycles. The van der Waals surface area contributed by atoms with Gasteiger partial charge in [0.1, 0.15) is 17.5 Å². The van der Waals surface area contributed by atoms with Crippen molar-refractivity contribution in [3.8, 4) is 0 Å². The number of hydrogen-bond acceptors (Lipinski definition) is 4. The molecular formula is C18H23ClN4. The second-order valence-corrected chi connectivity index (χ2v) is 6.69. The largest absolute Gasteiger partial charge is 0.367 e. The van der Waals surface area contributed by atoms with Crippen LogP contribution in [0.3, 0.4) is 0 Å². The molecule has 2 N–H and O–H groups in total. The predicted molar refractivity (Wildman–Crippen MR) is 96.7 cm³/mol. The van der Waals surface area contributed by atoms with E-state index in [1.165, 1.54) is 32.1 Å². The quantitative estimate of drug-likeness (QED) is 0.805. The van der Waals surface area contributed by atoms with Gasteiger partial charge >= 0.3 is 0 Å². The number of aromatic nitrogens is 2. The van der Waals surface area contributed by atoms with Crippen LogP contribution in [0.25, 0.3) is 0 Å². The number of halogens is 1. The van der Waals surface area contributed by atoms with Crippen molar-refractivity contribution in [3.63, 3.8) is 0 Å². The molecule has 0 bridgehead atoms. The lowest BCUT2D eigenvalue weighted by Crippen LogP contribution is -2.23. The highest BCUT2D eigenvalue weighted by Gasteiger charge is 2.14. The Labute approximate surface area is 142 Å². The van der Waals surface area contributed by atoms with Crippen molar-refractivity contribution >= 4 is 28.9 Å². The fraction of sp³-hybridized carbons (Fsp3) is 0.444. The van der Waals surface area contributed by atoms with Crippen LogP contribution in [0.4, 0.5) is 17.3 Å². The van der Waals surface area contributed by atoms with Gasteiger partial charge in [-0.1, -0.05) is 30.9 Å². The van der Waals surface area contributed by atoms with Gasteiger partial charge in [-0.25, -0.2) is 9.97 Å². The molecule has 1 saturated carbocycles. The van der Waals surface area contributed by atoms with Crippen LogP contribution in [-0.2, 0) is 0 Å². The summed E-state index contributed by atoms with van der Waals surface area (Å²) in [5.74, 6) is 2.47. The van der Waals surface area contributed by atoms with E-state index in [1.807, 2.05) is 38.1 Å². The van der Waals surface area contributed by atoms with Crippen molar-refractivity contribution in [2.45, 2.75) is 52.0 Å². The summed E-state index contributed by atoms with van der Waals surface area (Å²) in [7, 11) is 0. The summed E-state index contributed by atoms with van der Waals surface area (Å²) in [5.41, 5.74) is 2.10. The molecule has 4 nitrogen and oxygen atoms in total. The van der Waals surface area contributed by atoms with E-state index in [0.29, 0.717) is 6.04 Å². The molecule has 0 radical (unpaired) electrons. The first-order valence-electron chi connectivity index (χ1n) is 8.25. The topological polar surface area (TPSA) is 49.8 Å². The van der Waals surface area contributed by atoms with Gasteiger partial charge in [0.15, 0.2) is 0 Å². The number of rotatable bonds is 4. The molecule has 0 spiro atoms. The number of nitrogens with zero attached hydrogens (tertiary/aromatic N) is 2. The molecule has 3 rings (SSSR count). The summed E-state index contributed by atoms with van der Waals surface area (Å²) in [6, 6.07) is 8.31. The standard InChI is InChI=1S/C18H23ClN4/c1-12-10-14(19)8-9-16(12)23-18-11-17(20-13(2)21-18)22-15-6-4-3-5-7-15/h8-11,15H,3-7H2,1-2H3,(H2,20,21,22,23). The maximum absolute atomic E-state index is 6.02. The lowest BCUT2D eigenvalue weighted by Gasteiger charge is -2.23. The Balaban J connectivity index is 1.76. The molecule has 0 saturated heterocycles. The van der Waals surface area contributed by atoms with Crippen molar-refractivity contribution in [2.75, 3.05) is 10.6 Å². The Morgan fingerprint density at radius 2 is 1.74 bits per heavy atom. The molecule has 1 heterocycles. The Bertz CT molecular complexity index is 681. The highest BCUT2D eigenvalue weighted by Crippen LogP contribution is 2.25. The van der Waals surface area contributed by atoms with Gasteiger partial charge in [-0.15, -0.1) is 0 Å². The number of anilines is 3. The van der Waals surface area contributed by atoms with Crippen LogP contribution in [0.2, 0.25) is 5.02 Å². The molecule has 1 aliphatic carbocycles. The highest BCUT2D eigenvalue weighted by molar-refractivity contribution is 6.30. The Hall–Kier alpha value is -1.81. The molecule has 1 aliphatic rings. The first-order valence-corrected chi connectivity index (χ1v) is 8.63. The minimum absolute atomic E-state index is 0.531. The third-order valence-corrected chi connectivity index (χ3v) is 4.48. The minimum Gasteiger partial charge on any atom is -0.367 e. The molecule has 122 valence electrons. The molecule has 0 atom stereocenters. The van der Waals surface area contributed by atoms with Crippen LogP contribution in [0.1, 0.15) is 43.5 Å². The molecule has 2 aromatic rings. The lowest BCUT2D eigenvalue weighted by atomic mass is 9.95. The Kier molecular flexibility index (Phi) is 5.01. The zero-order valence-corrected chi connectivity index (χ0v) is 14.5. The summed E-state index contributed by atoms with van der Waals surface area (Å²) in [4.78, 5) is 9.01. The Morgan fingerprint density at radius 3 is 2.48 bits per heavy atom. The third-order valence-electron chi connectivity index (χ3n) is 4.25. The third kappa shape index (κ3) is 4.35. The van der Waals surface area contributed by atoms with Gasteiger partial charge in [-0.05, 0) is 50.5 Å². The second-order valence-electron chi connectivity index (χ2n) is 6.25. The number of aryl methyl sites for hydroxylation is 2. The molecule has 1 fully saturated rings. The maximum atomic E-state index is 6.02. The summed E-state index contributed by atoms with van der Waals surface area (Å²) in [6.45, 7) is 3.95. The van der Waals surface area contributed by atoms with E-state index >= 15 is 0 Å². The molecule has 0 aliphatic heterocycles. The maximum Gasteiger partial charge on any atom is 0.136 e. The molecule has 0 unspecified atom stereocenters. The van der Waals surface area contributed by atoms with Gasteiger partial charge in [0, 0.05) is 22.8 Å². The molecular weight excluding hydrogens is 308 g/mol. The second kappa shape index (κ2) is 7.18. The zero-order chi connectivity index (χ0) is 16.2. The van der Waals surface area contributed by atoms with Crippen molar-refractivity contribution < 1.29 is 0 Å². The highest BCUT2D eigenvalue weighted by atomic mass is 35.5. The van der Waals surface area contributed by atoms with E-state index < -0.39 is 0 Å². The monoisotopic (exact) mass is 330 g/mol. The van der Waals surface area contributed by atoms with E-state index in [4.69, 9.17) is 11.6 Å². The predicted octanol–water partition coefficient (Wildman–Crippen LogP) is 5.24. The number of nitrogens with one attached hydrogen (secondary N) is 2. The van der Waals surface area contributed by atoms with Gasteiger partial charge in [0.2, 0.25) is 0 Å². The summed E-state index contributed by atoms with van der Waals surface area (Å²) < 4.78 is 0.